The van der Waals surface area contributed by atoms with Gasteiger partial charge in [0.1, 0.15) is 5.82 Å². The summed E-state index contributed by atoms with van der Waals surface area (Å²) in [6, 6.07) is 4.49. The molecular formula is C15H19FN2O2. The summed E-state index contributed by atoms with van der Waals surface area (Å²) in [7, 11) is 0. The number of H-pyrrole nitrogens is 1. The van der Waals surface area contributed by atoms with Gasteiger partial charge >= 0.3 is 0 Å². The van der Waals surface area contributed by atoms with Crippen molar-refractivity contribution in [3.63, 3.8) is 0 Å². The van der Waals surface area contributed by atoms with Gasteiger partial charge in [0.25, 0.3) is 0 Å². The second-order valence-electron chi connectivity index (χ2n) is 4.78. The van der Waals surface area contributed by atoms with Crippen LogP contribution < -0.4 is 0 Å². The minimum atomic E-state index is -0.313. The molecule has 4 nitrogen and oxygen atoms in total. The van der Waals surface area contributed by atoms with E-state index in [9.17, 15) is 9.18 Å². The first-order valence-electron chi connectivity index (χ1n) is 6.79. The number of hydrogen-bond donors (Lipinski definition) is 2. The van der Waals surface area contributed by atoms with E-state index in [-0.39, 0.29) is 24.8 Å². The molecule has 0 radical (unpaired) electrons. The molecule has 0 saturated heterocycles. The SMILES string of the molecule is CCCN(CCO)C(=O)Cc1c[nH]c2ccc(F)cc12. The second-order valence-corrected chi connectivity index (χ2v) is 4.78. The topological polar surface area (TPSA) is 56.3 Å². The Morgan fingerprint density at radius 1 is 1.40 bits per heavy atom. The van der Waals surface area contributed by atoms with Gasteiger partial charge in [-0.3, -0.25) is 4.79 Å². The van der Waals surface area contributed by atoms with Crippen LogP contribution in [0.3, 0.4) is 0 Å². The van der Waals surface area contributed by atoms with Crippen molar-refractivity contribution >= 4 is 16.8 Å². The van der Waals surface area contributed by atoms with Crippen molar-refractivity contribution in [2.75, 3.05) is 19.7 Å². The van der Waals surface area contributed by atoms with Gasteiger partial charge in [0.15, 0.2) is 0 Å². The van der Waals surface area contributed by atoms with E-state index in [2.05, 4.69) is 4.98 Å². The molecule has 0 aliphatic heterocycles. The van der Waals surface area contributed by atoms with E-state index in [0.29, 0.717) is 13.1 Å². The number of amides is 1. The largest absolute Gasteiger partial charge is 0.395 e. The lowest BCUT2D eigenvalue weighted by molar-refractivity contribution is -0.131. The zero-order valence-corrected chi connectivity index (χ0v) is 11.5. The number of aromatic nitrogens is 1. The fraction of sp³-hybridized carbons (Fsp3) is 0.400. The fourth-order valence-corrected chi connectivity index (χ4v) is 2.32. The third kappa shape index (κ3) is 3.17. The number of benzene rings is 1. The Kier molecular flexibility index (Phi) is 4.74. The first-order valence-corrected chi connectivity index (χ1v) is 6.79. The van der Waals surface area contributed by atoms with Crippen LogP contribution >= 0.6 is 0 Å². The van der Waals surface area contributed by atoms with E-state index in [1.165, 1.54) is 12.1 Å². The number of carbonyl (C=O) groups excluding carboxylic acids is 1. The highest BCUT2D eigenvalue weighted by molar-refractivity contribution is 5.89. The predicted molar refractivity (Wildman–Crippen MR) is 75.9 cm³/mol. The summed E-state index contributed by atoms with van der Waals surface area (Å²) in [6.45, 7) is 2.90. The lowest BCUT2D eigenvalue weighted by atomic mass is 10.1. The average molecular weight is 278 g/mol. The molecule has 2 aromatic rings. The number of aromatic amines is 1. The predicted octanol–water partition coefficient (Wildman–Crippen LogP) is 2.08. The van der Waals surface area contributed by atoms with Crippen molar-refractivity contribution in [3.8, 4) is 0 Å². The van der Waals surface area contributed by atoms with E-state index in [0.717, 1.165) is 22.9 Å². The van der Waals surface area contributed by atoms with E-state index in [1.54, 1.807) is 17.2 Å². The number of aliphatic hydroxyl groups excluding tert-OH is 1. The van der Waals surface area contributed by atoms with Gasteiger partial charge in [-0.15, -0.1) is 0 Å². The Bertz CT molecular complexity index is 589. The molecule has 0 aliphatic carbocycles. The lowest BCUT2D eigenvalue weighted by Gasteiger charge is -2.20. The Balaban J connectivity index is 2.18. The van der Waals surface area contributed by atoms with Crippen molar-refractivity contribution in [3.05, 3.63) is 35.8 Å². The molecule has 1 amide bonds. The summed E-state index contributed by atoms with van der Waals surface area (Å²) in [5, 5.41) is 9.73. The van der Waals surface area contributed by atoms with Crippen LogP contribution in [-0.4, -0.2) is 40.6 Å². The molecule has 0 bridgehead atoms. The number of nitrogens with zero attached hydrogens (tertiary/aromatic N) is 1. The van der Waals surface area contributed by atoms with Crippen molar-refractivity contribution in [2.45, 2.75) is 19.8 Å². The Hall–Kier alpha value is -1.88. The molecule has 0 fully saturated rings. The lowest BCUT2D eigenvalue weighted by Crippen LogP contribution is -2.35. The van der Waals surface area contributed by atoms with Crippen LogP contribution in [0, 0.1) is 5.82 Å². The third-order valence-electron chi connectivity index (χ3n) is 3.29. The van der Waals surface area contributed by atoms with Crippen LogP contribution in [0.2, 0.25) is 0 Å². The van der Waals surface area contributed by atoms with Gasteiger partial charge in [-0.25, -0.2) is 4.39 Å². The molecule has 1 heterocycles. The minimum Gasteiger partial charge on any atom is -0.395 e. The minimum absolute atomic E-state index is 0.0474. The van der Waals surface area contributed by atoms with Crippen molar-refractivity contribution in [2.24, 2.45) is 0 Å². The van der Waals surface area contributed by atoms with E-state index < -0.39 is 0 Å². The number of aliphatic hydroxyl groups is 1. The van der Waals surface area contributed by atoms with E-state index in [4.69, 9.17) is 5.11 Å². The van der Waals surface area contributed by atoms with Crippen LogP contribution in [0.1, 0.15) is 18.9 Å². The van der Waals surface area contributed by atoms with Gasteiger partial charge in [0.2, 0.25) is 5.91 Å². The van der Waals surface area contributed by atoms with Crippen molar-refractivity contribution in [1.29, 1.82) is 0 Å². The Morgan fingerprint density at radius 2 is 2.20 bits per heavy atom. The quantitative estimate of drug-likeness (QED) is 0.850. The molecule has 108 valence electrons. The molecule has 1 aromatic heterocycles. The van der Waals surface area contributed by atoms with Gasteiger partial charge < -0.3 is 15.0 Å². The normalized spacial score (nSPS) is 10.9. The molecular weight excluding hydrogens is 259 g/mol. The van der Waals surface area contributed by atoms with Crippen LogP contribution in [-0.2, 0) is 11.2 Å². The van der Waals surface area contributed by atoms with Gasteiger partial charge in [0.05, 0.1) is 13.0 Å². The summed E-state index contributed by atoms with van der Waals surface area (Å²) >= 11 is 0. The van der Waals surface area contributed by atoms with Crippen LogP contribution in [0.5, 0.6) is 0 Å². The average Bonchev–Trinajstić information content (AvgIpc) is 2.81. The van der Waals surface area contributed by atoms with Crippen molar-refractivity contribution in [1.82, 2.24) is 9.88 Å². The monoisotopic (exact) mass is 278 g/mol. The number of halogens is 1. The number of nitrogens with one attached hydrogen (secondary N) is 1. The molecule has 5 heteroatoms. The van der Waals surface area contributed by atoms with Gasteiger partial charge in [-0.05, 0) is 30.2 Å². The molecule has 2 N–H and O–H groups in total. The smallest absolute Gasteiger partial charge is 0.227 e. The molecule has 0 unspecified atom stereocenters. The summed E-state index contributed by atoms with van der Waals surface area (Å²) in [5.74, 6) is -0.363. The standard InChI is InChI=1S/C15H19FN2O2/c1-2-5-18(6-7-19)15(20)8-11-10-17-14-4-3-12(16)9-13(11)14/h3-4,9-10,17,19H,2,5-8H2,1H3. The molecule has 20 heavy (non-hydrogen) atoms. The maximum Gasteiger partial charge on any atom is 0.227 e. The van der Waals surface area contributed by atoms with E-state index >= 15 is 0 Å². The van der Waals surface area contributed by atoms with Gasteiger partial charge in [-0.2, -0.15) is 0 Å². The Morgan fingerprint density at radius 3 is 2.90 bits per heavy atom. The molecule has 1 aromatic carbocycles. The summed E-state index contributed by atoms with van der Waals surface area (Å²) in [4.78, 5) is 16.9. The zero-order chi connectivity index (χ0) is 14.5. The first-order chi connectivity index (χ1) is 9.65. The summed E-state index contributed by atoms with van der Waals surface area (Å²) in [6.07, 6.45) is 2.79. The van der Waals surface area contributed by atoms with E-state index in [1.807, 2.05) is 6.92 Å². The molecule has 0 saturated carbocycles. The highest BCUT2D eigenvalue weighted by Gasteiger charge is 2.15. The van der Waals surface area contributed by atoms with Gasteiger partial charge in [0, 0.05) is 30.2 Å². The molecule has 0 atom stereocenters. The van der Waals surface area contributed by atoms with Crippen LogP contribution in [0.25, 0.3) is 10.9 Å². The maximum atomic E-state index is 13.3. The number of carbonyl (C=O) groups is 1. The number of rotatable bonds is 6. The molecule has 0 aliphatic rings. The number of hydrogen-bond acceptors (Lipinski definition) is 2. The summed E-state index contributed by atoms with van der Waals surface area (Å²) in [5.41, 5.74) is 1.60. The third-order valence-corrected chi connectivity index (χ3v) is 3.29. The van der Waals surface area contributed by atoms with Gasteiger partial charge in [-0.1, -0.05) is 6.92 Å². The molecule has 0 spiro atoms. The van der Waals surface area contributed by atoms with Crippen LogP contribution in [0.4, 0.5) is 4.39 Å². The zero-order valence-electron chi connectivity index (χ0n) is 11.5. The summed E-state index contributed by atoms with van der Waals surface area (Å²) < 4.78 is 13.3. The first kappa shape index (κ1) is 14.5. The highest BCUT2D eigenvalue weighted by Crippen LogP contribution is 2.20. The Labute approximate surface area is 117 Å². The fourth-order valence-electron chi connectivity index (χ4n) is 2.32. The highest BCUT2D eigenvalue weighted by atomic mass is 19.1. The van der Waals surface area contributed by atoms with Crippen molar-refractivity contribution < 1.29 is 14.3 Å². The second kappa shape index (κ2) is 6.52. The maximum absolute atomic E-state index is 13.3. The number of fused-ring (bicyclic) bond motifs is 1. The molecule has 2 rings (SSSR count). The van der Waals surface area contributed by atoms with Crippen LogP contribution in [0.15, 0.2) is 24.4 Å².